The lowest BCUT2D eigenvalue weighted by molar-refractivity contribution is -0.122. The summed E-state index contributed by atoms with van der Waals surface area (Å²) in [4.78, 5) is 16.0. The Balaban J connectivity index is 1.63. The summed E-state index contributed by atoms with van der Waals surface area (Å²) in [5.41, 5.74) is 0.819. The highest BCUT2D eigenvalue weighted by Crippen LogP contribution is 2.36. The molecule has 3 rings (SSSR count). The predicted molar refractivity (Wildman–Crippen MR) is 74.2 cm³/mol. The average Bonchev–Trinajstić information content (AvgIpc) is 3.05. The summed E-state index contributed by atoms with van der Waals surface area (Å²) in [6.07, 6.45) is 5.31. The molecular weight excluding hydrogens is 273 g/mol. The second-order valence-corrected chi connectivity index (χ2v) is 5.10. The zero-order valence-electron chi connectivity index (χ0n) is 11.6. The van der Waals surface area contributed by atoms with Crippen molar-refractivity contribution < 1.29 is 13.9 Å². The molecule has 6 heteroatoms. The average molecular weight is 289 g/mol. The molecule has 1 aliphatic rings. The fourth-order valence-corrected chi connectivity index (χ4v) is 2.48. The van der Waals surface area contributed by atoms with Crippen LogP contribution < -0.4 is 10.1 Å². The van der Waals surface area contributed by atoms with E-state index >= 15 is 0 Å². The normalized spacial score (nSPS) is 19.9. The van der Waals surface area contributed by atoms with Gasteiger partial charge in [0.05, 0.1) is 12.4 Å². The summed E-state index contributed by atoms with van der Waals surface area (Å²) in [6, 6.07) is 4.15. The Morgan fingerprint density at radius 3 is 3.14 bits per heavy atom. The maximum Gasteiger partial charge on any atom is 0.222 e. The third-order valence-corrected chi connectivity index (χ3v) is 3.57. The first kappa shape index (κ1) is 13.6. The van der Waals surface area contributed by atoms with Crippen LogP contribution in [-0.2, 0) is 11.3 Å². The number of aryl methyl sites for hydroxylation is 1. The van der Waals surface area contributed by atoms with E-state index in [0.717, 1.165) is 5.56 Å². The van der Waals surface area contributed by atoms with Gasteiger partial charge >= 0.3 is 0 Å². The number of nitrogens with zero attached hydrogens (tertiary/aromatic N) is 2. The number of fused-ring (bicyclic) bond motifs is 1. The number of imidazole rings is 1. The lowest BCUT2D eigenvalue weighted by atomic mass is 10.0. The van der Waals surface area contributed by atoms with Gasteiger partial charge in [0, 0.05) is 37.0 Å². The van der Waals surface area contributed by atoms with Crippen LogP contribution in [-0.4, -0.2) is 21.6 Å². The third-order valence-electron chi connectivity index (χ3n) is 3.57. The Morgan fingerprint density at radius 2 is 2.38 bits per heavy atom. The quantitative estimate of drug-likeness (QED) is 0.937. The zero-order valence-corrected chi connectivity index (χ0v) is 11.6. The van der Waals surface area contributed by atoms with Crippen molar-refractivity contribution in [3.63, 3.8) is 0 Å². The van der Waals surface area contributed by atoms with Gasteiger partial charge in [-0.3, -0.25) is 4.79 Å². The molecule has 0 fully saturated rings. The maximum absolute atomic E-state index is 13.2. The molecule has 1 aromatic carbocycles. The van der Waals surface area contributed by atoms with Gasteiger partial charge in [0.25, 0.3) is 0 Å². The van der Waals surface area contributed by atoms with Crippen LogP contribution in [0.15, 0.2) is 36.9 Å². The summed E-state index contributed by atoms with van der Waals surface area (Å²) >= 11 is 0. The van der Waals surface area contributed by atoms with Crippen LogP contribution in [0.25, 0.3) is 0 Å². The van der Waals surface area contributed by atoms with E-state index in [1.807, 2.05) is 17.7 Å². The minimum Gasteiger partial charge on any atom is -0.488 e. The minimum atomic E-state index is -0.340. The smallest absolute Gasteiger partial charge is 0.222 e. The van der Waals surface area contributed by atoms with Crippen molar-refractivity contribution in [2.75, 3.05) is 0 Å². The van der Waals surface area contributed by atoms with Crippen molar-refractivity contribution in [1.29, 1.82) is 0 Å². The molecule has 0 radical (unpaired) electrons. The van der Waals surface area contributed by atoms with Crippen molar-refractivity contribution in [3.8, 4) is 5.75 Å². The standard InChI is InChI=1S/C15H16FN3O2/c1-10-15(12-3-2-11(16)8-13(12)21-10)18-14(20)4-6-19-7-5-17-9-19/h2-3,5,7-10,15H,4,6H2,1H3,(H,18,20). The molecule has 1 aliphatic heterocycles. The van der Waals surface area contributed by atoms with E-state index in [4.69, 9.17) is 4.74 Å². The van der Waals surface area contributed by atoms with Crippen LogP contribution in [0.2, 0.25) is 0 Å². The van der Waals surface area contributed by atoms with E-state index in [0.29, 0.717) is 18.7 Å². The minimum absolute atomic E-state index is 0.0682. The van der Waals surface area contributed by atoms with E-state index in [2.05, 4.69) is 10.3 Å². The van der Waals surface area contributed by atoms with Gasteiger partial charge < -0.3 is 14.6 Å². The lowest BCUT2D eigenvalue weighted by Gasteiger charge is -2.17. The van der Waals surface area contributed by atoms with E-state index in [1.165, 1.54) is 12.1 Å². The number of amides is 1. The fourth-order valence-electron chi connectivity index (χ4n) is 2.48. The molecule has 0 saturated carbocycles. The second-order valence-electron chi connectivity index (χ2n) is 5.10. The molecule has 2 unspecified atom stereocenters. The third kappa shape index (κ3) is 2.89. The Morgan fingerprint density at radius 1 is 1.52 bits per heavy atom. The van der Waals surface area contributed by atoms with Crippen molar-refractivity contribution in [2.24, 2.45) is 0 Å². The molecule has 2 aromatic rings. The molecule has 21 heavy (non-hydrogen) atoms. The van der Waals surface area contributed by atoms with Gasteiger partial charge in [-0.05, 0) is 13.0 Å². The predicted octanol–water partition coefficient (Wildman–Crippen LogP) is 2.05. The number of carbonyl (C=O) groups excluding carboxylic acids is 1. The fraction of sp³-hybridized carbons (Fsp3) is 0.333. The first-order chi connectivity index (χ1) is 10.1. The van der Waals surface area contributed by atoms with Gasteiger partial charge in [0.1, 0.15) is 17.7 Å². The number of benzene rings is 1. The van der Waals surface area contributed by atoms with Crippen LogP contribution >= 0.6 is 0 Å². The number of hydrogen-bond acceptors (Lipinski definition) is 3. The van der Waals surface area contributed by atoms with E-state index < -0.39 is 0 Å². The number of hydrogen-bond donors (Lipinski definition) is 1. The maximum atomic E-state index is 13.2. The van der Waals surface area contributed by atoms with Crippen molar-refractivity contribution in [3.05, 3.63) is 48.3 Å². The summed E-state index contributed by atoms with van der Waals surface area (Å²) in [5, 5.41) is 2.95. The topological polar surface area (TPSA) is 56.1 Å². The van der Waals surface area contributed by atoms with Crippen LogP contribution in [0.3, 0.4) is 0 Å². The number of nitrogens with one attached hydrogen (secondary N) is 1. The highest BCUT2D eigenvalue weighted by atomic mass is 19.1. The van der Waals surface area contributed by atoms with E-state index in [1.54, 1.807) is 18.6 Å². The number of carbonyl (C=O) groups is 1. The van der Waals surface area contributed by atoms with Gasteiger partial charge in [-0.25, -0.2) is 9.37 Å². The van der Waals surface area contributed by atoms with Gasteiger partial charge in [-0.15, -0.1) is 0 Å². The molecule has 0 bridgehead atoms. The SMILES string of the molecule is CC1Oc2cc(F)ccc2C1NC(=O)CCn1ccnc1. The van der Waals surface area contributed by atoms with Crippen LogP contribution in [0.1, 0.15) is 24.9 Å². The number of aromatic nitrogens is 2. The van der Waals surface area contributed by atoms with Crippen LogP contribution in [0.4, 0.5) is 4.39 Å². The van der Waals surface area contributed by atoms with Crippen molar-refractivity contribution in [1.82, 2.24) is 14.9 Å². The number of rotatable bonds is 4. The first-order valence-corrected chi connectivity index (χ1v) is 6.84. The van der Waals surface area contributed by atoms with Gasteiger partial charge in [-0.1, -0.05) is 6.07 Å². The van der Waals surface area contributed by atoms with Crippen LogP contribution in [0, 0.1) is 5.82 Å². The summed E-state index contributed by atoms with van der Waals surface area (Å²) < 4.78 is 20.6. The monoisotopic (exact) mass is 289 g/mol. The molecule has 1 aromatic heterocycles. The summed E-state index contributed by atoms with van der Waals surface area (Å²) in [6.45, 7) is 2.43. The van der Waals surface area contributed by atoms with Gasteiger partial charge in [0.2, 0.25) is 5.91 Å². The van der Waals surface area contributed by atoms with E-state index in [9.17, 15) is 9.18 Å². The second kappa shape index (κ2) is 5.55. The molecule has 1 N–H and O–H groups in total. The zero-order chi connectivity index (χ0) is 14.8. The molecule has 0 saturated heterocycles. The molecule has 110 valence electrons. The molecule has 5 nitrogen and oxygen atoms in total. The molecule has 0 aliphatic carbocycles. The van der Waals surface area contributed by atoms with E-state index in [-0.39, 0.29) is 23.9 Å². The van der Waals surface area contributed by atoms with Gasteiger partial charge in [-0.2, -0.15) is 0 Å². The van der Waals surface area contributed by atoms with Crippen molar-refractivity contribution >= 4 is 5.91 Å². The highest BCUT2D eigenvalue weighted by molar-refractivity contribution is 5.76. The highest BCUT2D eigenvalue weighted by Gasteiger charge is 2.32. The van der Waals surface area contributed by atoms with Crippen LogP contribution in [0.5, 0.6) is 5.75 Å². The van der Waals surface area contributed by atoms with Crippen molar-refractivity contribution in [2.45, 2.75) is 32.0 Å². The Labute approximate surface area is 121 Å². The number of ether oxygens (including phenoxy) is 1. The molecule has 0 spiro atoms. The molecule has 1 amide bonds. The largest absolute Gasteiger partial charge is 0.488 e. The molecular formula is C15H16FN3O2. The molecule has 2 atom stereocenters. The molecule has 2 heterocycles. The summed E-state index contributed by atoms with van der Waals surface area (Å²) in [5.74, 6) is 0.0942. The first-order valence-electron chi connectivity index (χ1n) is 6.84. The van der Waals surface area contributed by atoms with Gasteiger partial charge in [0.15, 0.2) is 0 Å². The Kier molecular flexibility index (Phi) is 3.60. The Hall–Kier alpha value is -2.37. The number of halogens is 1. The summed E-state index contributed by atoms with van der Waals surface area (Å²) in [7, 11) is 0. The lowest BCUT2D eigenvalue weighted by Crippen LogP contribution is -2.34. The Bertz CT molecular complexity index is 642.